The lowest BCUT2D eigenvalue weighted by molar-refractivity contribution is -0.119. The molecule has 0 aliphatic heterocycles. The minimum Gasteiger partial charge on any atom is -0.508 e. The van der Waals surface area contributed by atoms with Gasteiger partial charge in [-0.25, -0.2) is 0 Å². The van der Waals surface area contributed by atoms with E-state index < -0.39 is 0 Å². The first-order valence-corrected chi connectivity index (χ1v) is 6.03. The van der Waals surface area contributed by atoms with E-state index in [0.29, 0.717) is 6.42 Å². The van der Waals surface area contributed by atoms with Gasteiger partial charge in [-0.2, -0.15) is 0 Å². The van der Waals surface area contributed by atoms with E-state index in [1.165, 1.54) is 0 Å². The number of carbonyl (C=O) groups is 1. The van der Waals surface area contributed by atoms with E-state index in [2.05, 4.69) is 0 Å². The number of aromatic hydroxyl groups is 1. The van der Waals surface area contributed by atoms with E-state index in [1.54, 1.807) is 36.2 Å². The molecule has 1 atom stereocenters. The third kappa shape index (κ3) is 3.74. The number of nitrogens with zero attached hydrogens (tertiary/aromatic N) is 1. The maximum atomic E-state index is 12.1. The van der Waals surface area contributed by atoms with Crippen molar-refractivity contribution < 1.29 is 9.90 Å². The molecular weight excluding hydrogens is 228 g/mol. The van der Waals surface area contributed by atoms with Crippen LogP contribution in [0.2, 0.25) is 0 Å². The molecule has 4 heteroatoms. The van der Waals surface area contributed by atoms with Crippen molar-refractivity contribution in [3.8, 4) is 5.75 Å². The zero-order chi connectivity index (χ0) is 13.9. The van der Waals surface area contributed by atoms with Crippen molar-refractivity contribution in [3.05, 3.63) is 24.3 Å². The Morgan fingerprint density at radius 1 is 1.33 bits per heavy atom. The second-order valence-electron chi connectivity index (χ2n) is 5.65. The summed E-state index contributed by atoms with van der Waals surface area (Å²) in [6.45, 7) is 6.06. The Labute approximate surface area is 108 Å². The van der Waals surface area contributed by atoms with Gasteiger partial charge in [0.25, 0.3) is 0 Å². The van der Waals surface area contributed by atoms with E-state index in [0.717, 1.165) is 5.69 Å². The first kappa shape index (κ1) is 14.5. The van der Waals surface area contributed by atoms with Crippen LogP contribution in [0.3, 0.4) is 0 Å². The van der Waals surface area contributed by atoms with E-state index in [1.807, 2.05) is 20.8 Å². The molecule has 0 aliphatic carbocycles. The Morgan fingerprint density at radius 2 is 1.83 bits per heavy atom. The zero-order valence-corrected chi connectivity index (χ0v) is 11.5. The van der Waals surface area contributed by atoms with Gasteiger partial charge in [0.2, 0.25) is 5.91 Å². The quantitative estimate of drug-likeness (QED) is 0.863. The highest BCUT2D eigenvalue weighted by molar-refractivity contribution is 5.93. The molecule has 1 aromatic rings. The normalized spacial score (nSPS) is 13.2. The van der Waals surface area contributed by atoms with Crippen molar-refractivity contribution in [3.63, 3.8) is 0 Å². The number of benzene rings is 1. The average Bonchev–Trinajstić information content (AvgIpc) is 2.27. The number of phenols is 1. The fraction of sp³-hybridized carbons (Fsp3) is 0.500. The fourth-order valence-corrected chi connectivity index (χ4v) is 1.45. The van der Waals surface area contributed by atoms with Crippen LogP contribution in [-0.2, 0) is 4.79 Å². The van der Waals surface area contributed by atoms with E-state index in [9.17, 15) is 9.90 Å². The molecule has 0 saturated carbocycles. The Bertz CT molecular complexity index is 407. The highest BCUT2D eigenvalue weighted by Crippen LogP contribution is 2.22. The zero-order valence-electron chi connectivity index (χ0n) is 11.5. The molecule has 0 aliphatic rings. The molecule has 3 N–H and O–H groups in total. The summed E-state index contributed by atoms with van der Waals surface area (Å²) < 4.78 is 0. The van der Waals surface area contributed by atoms with Gasteiger partial charge < -0.3 is 15.7 Å². The maximum absolute atomic E-state index is 12.1. The summed E-state index contributed by atoms with van der Waals surface area (Å²) in [5.41, 5.74) is 6.66. The van der Waals surface area contributed by atoms with E-state index in [-0.39, 0.29) is 23.1 Å². The summed E-state index contributed by atoms with van der Waals surface area (Å²) in [5.74, 6) is 0.161. The molecule has 18 heavy (non-hydrogen) atoms. The van der Waals surface area contributed by atoms with Crippen LogP contribution < -0.4 is 10.6 Å². The smallest absolute Gasteiger partial charge is 0.228 e. The fourth-order valence-electron chi connectivity index (χ4n) is 1.45. The molecule has 0 heterocycles. The van der Waals surface area contributed by atoms with Gasteiger partial charge >= 0.3 is 0 Å². The first-order valence-electron chi connectivity index (χ1n) is 6.03. The molecule has 4 nitrogen and oxygen atoms in total. The van der Waals surface area contributed by atoms with Crippen LogP contribution >= 0.6 is 0 Å². The minimum atomic E-state index is -0.176. The molecule has 1 unspecified atom stereocenters. The highest BCUT2D eigenvalue weighted by atomic mass is 16.3. The van der Waals surface area contributed by atoms with Gasteiger partial charge in [0.05, 0.1) is 0 Å². The Morgan fingerprint density at radius 3 is 2.28 bits per heavy atom. The molecule has 0 saturated heterocycles. The number of hydrogen-bond donors (Lipinski definition) is 2. The largest absolute Gasteiger partial charge is 0.508 e. The van der Waals surface area contributed by atoms with Crippen LogP contribution in [0.25, 0.3) is 0 Å². The van der Waals surface area contributed by atoms with Crippen molar-refractivity contribution >= 4 is 11.6 Å². The highest BCUT2D eigenvalue weighted by Gasteiger charge is 2.24. The van der Waals surface area contributed by atoms with Crippen LogP contribution in [0.5, 0.6) is 5.75 Å². The van der Waals surface area contributed by atoms with Gasteiger partial charge in [0.15, 0.2) is 0 Å². The molecule has 0 bridgehead atoms. The van der Waals surface area contributed by atoms with Crippen LogP contribution in [0.1, 0.15) is 27.2 Å². The summed E-state index contributed by atoms with van der Waals surface area (Å²) in [4.78, 5) is 13.6. The van der Waals surface area contributed by atoms with Crippen molar-refractivity contribution in [2.75, 3.05) is 11.9 Å². The lowest BCUT2D eigenvalue weighted by Crippen LogP contribution is -2.40. The number of amides is 1. The number of carbonyl (C=O) groups excluding carboxylic acids is 1. The SMILES string of the molecule is CN(C(=O)CC(N)C(C)(C)C)c1ccc(O)cc1. The molecule has 0 spiro atoms. The van der Waals surface area contributed by atoms with Crippen molar-refractivity contribution in [1.82, 2.24) is 0 Å². The number of hydrogen-bond acceptors (Lipinski definition) is 3. The Hall–Kier alpha value is -1.55. The summed E-state index contributed by atoms with van der Waals surface area (Å²) in [7, 11) is 1.71. The minimum absolute atomic E-state index is 0.0249. The lowest BCUT2D eigenvalue weighted by Gasteiger charge is -2.28. The summed E-state index contributed by atoms with van der Waals surface area (Å²) in [6, 6.07) is 6.35. The van der Waals surface area contributed by atoms with Gasteiger partial charge in [0.1, 0.15) is 5.75 Å². The van der Waals surface area contributed by atoms with Crippen molar-refractivity contribution in [2.45, 2.75) is 33.2 Å². The Kier molecular flexibility index (Phi) is 4.35. The van der Waals surface area contributed by atoms with Gasteiger partial charge in [-0.3, -0.25) is 4.79 Å². The number of phenolic OH excluding ortho intramolecular Hbond substituents is 1. The molecule has 1 amide bonds. The molecule has 0 radical (unpaired) electrons. The van der Waals surface area contributed by atoms with Gasteiger partial charge in [0, 0.05) is 25.2 Å². The first-order chi connectivity index (χ1) is 8.21. The molecular formula is C14H22N2O2. The number of anilines is 1. The number of rotatable bonds is 3. The molecule has 100 valence electrons. The van der Waals surface area contributed by atoms with Crippen molar-refractivity contribution in [1.29, 1.82) is 0 Å². The summed E-state index contributed by atoms with van der Waals surface area (Å²) in [5, 5.41) is 9.21. The van der Waals surface area contributed by atoms with Crippen molar-refractivity contribution in [2.24, 2.45) is 11.1 Å². The molecule has 1 aromatic carbocycles. The van der Waals surface area contributed by atoms with Gasteiger partial charge in [-0.1, -0.05) is 20.8 Å². The third-order valence-corrected chi connectivity index (χ3v) is 3.12. The van der Waals surface area contributed by atoms with Crippen LogP contribution in [0, 0.1) is 5.41 Å². The number of nitrogens with two attached hydrogens (primary N) is 1. The standard InChI is InChI=1S/C14H22N2O2/c1-14(2,3)12(15)9-13(18)16(4)10-5-7-11(17)8-6-10/h5-8,12,17H,9,15H2,1-4H3. The van der Waals surface area contributed by atoms with Gasteiger partial charge in [-0.15, -0.1) is 0 Å². The van der Waals surface area contributed by atoms with Crippen LogP contribution in [0.4, 0.5) is 5.69 Å². The van der Waals surface area contributed by atoms with Crippen LogP contribution in [-0.4, -0.2) is 24.1 Å². The van der Waals surface area contributed by atoms with Crippen LogP contribution in [0.15, 0.2) is 24.3 Å². The van der Waals surface area contributed by atoms with E-state index >= 15 is 0 Å². The summed E-state index contributed by atoms with van der Waals surface area (Å²) in [6.07, 6.45) is 0.306. The lowest BCUT2D eigenvalue weighted by atomic mass is 9.85. The van der Waals surface area contributed by atoms with Gasteiger partial charge in [-0.05, 0) is 29.7 Å². The maximum Gasteiger partial charge on any atom is 0.228 e. The predicted molar refractivity (Wildman–Crippen MR) is 73.6 cm³/mol. The Balaban J connectivity index is 2.70. The second-order valence-corrected chi connectivity index (χ2v) is 5.65. The molecule has 0 aromatic heterocycles. The summed E-state index contributed by atoms with van der Waals surface area (Å²) >= 11 is 0. The second kappa shape index (κ2) is 5.40. The monoisotopic (exact) mass is 250 g/mol. The van der Waals surface area contributed by atoms with E-state index in [4.69, 9.17) is 5.73 Å². The topological polar surface area (TPSA) is 66.6 Å². The molecule has 1 rings (SSSR count). The average molecular weight is 250 g/mol. The predicted octanol–water partition coefficient (Wildman–Crippen LogP) is 2.12. The molecule has 0 fully saturated rings. The third-order valence-electron chi connectivity index (χ3n) is 3.12.